The van der Waals surface area contributed by atoms with Gasteiger partial charge in [0.15, 0.2) is 0 Å². The van der Waals surface area contributed by atoms with Gasteiger partial charge in [0.05, 0.1) is 81.2 Å². The lowest BCUT2D eigenvalue weighted by Crippen LogP contribution is -2.44. The Morgan fingerprint density at radius 1 is 0.283 bits per heavy atom. The summed E-state index contributed by atoms with van der Waals surface area (Å²) in [7, 11) is 7.93. The zero-order valence-electron chi connectivity index (χ0n) is 28.4. The van der Waals surface area contributed by atoms with E-state index in [-0.39, 0.29) is 74.3 Å². The van der Waals surface area contributed by atoms with E-state index in [0.717, 1.165) is 0 Å². The Kier molecular flexibility index (Phi) is 24.9. The molecule has 46 heavy (non-hydrogen) atoms. The van der Waals surface area contributed by atoms with E-state index in [0.29, 0.717) is 78.5 Å². The summed E-state index contributed by atoms with van der Waals surface area (Å²) in [6.45, 7) is 5.46. The van der Waals surface area contributed by atoms with E-state index >= 15 is 0 Å². The van der Waals surface area contributed by atoms with E-state index in [1.165, 1.54) is 42.7 Å². The van der Waals surface area contributed by atoms with Crippen molar-refractivity contribution in [2.24, 2.45) is 0 Å². The molecule has 0 aromatic heterocycles. The van der Waals surface area contributed by atoms with Crippen molar-refractivity contribution < 1.29 is 57.2 Å². The quantitative estimate of drug-likeness (QED) is 0.0819. The molecular formula is C30H54N4O12. The maximum absolute atomic E-state index is 12.0. The van der Waals surface area contributed by atoms with Crippen LogP contribution in [0.1, 0.15) is 38.5 Å². The summed E-state index contributed by atoms with van der Waals surface area (Å²) in [5.41, 5.74) is 0. The molecule has 0 aliphatic carbocycles. The molecule has 0 aliphatic rings. The molecule has 0 saturated carbocycles. The molecule has 0 rings (SSSR count). The standard InChI is InChI=1S/C30H54N4O12/c1-41-25(35)7-13-31(14-8-26(36)42-2)19-21-33(17-11-29(39)45-5)23-24-34(18-12-30(40)46-6)22-20-32(15-9-27(37)43-3)16-10-28(38)44-4/h7-24H2,1-6H3. The SMILES string of the molecule is COC(=O)CCN(CCC(=O)OC)CCN(CCC(=O)OC)CCN(CCC(=O)OC)CCN(CCC(=O)OC)CCC(=O)OC. The van der Waals surface area contributed by atoms with E-state index in [1.807, 2.05) is 9.80 Å². The fourth-order valence-electron chi connectivity index (χ4n) is 4.30. The van der Waals surface area contributed by atoms with Crippen molar-refractivity contribution in [2.45, 2.75) is 38.5 Å². The van der Waals surface area contributed by atoms with E-state index < -0.39 is 0 Å². The number of carbonyl (C=O) groups excluding carboxylic acids is 6. The van der Waals surface area contributed by atoms with Gasteiger partial charge in [0.1, 0.15) is 0 Å². The molecule has 0 amide bonds. The summed E-state index contributed by atoms with van der Waals surface area (Å²) in [5, 5.41) is 0. The number of methoxy groups -OCH3 is 6. The van der Waals surface area contributed by atoms with Crippen LogP contribution in [-0.4, -0.2) is 177 Å². The first-order valence-electron chi connectivity index (χ1n) is 15.3. The predicted octanol–water partition coefficient (Wildman–Crippen LogP) is -0.427. The number of hydrogen-bond donors (Lipinski definition) is 0. The predicted molar refractivity (Wildman–Crippen MR) is 166 cm³/mol. The third kappa shape index (κ3) is 22.2. The summed E-state index contributed by atoms with van der Waals surface area (Å²) in [4.78, 5) is 79.1. The molecule has 0 spiro atoms. The van der Waals surface area contributed by atoms with Crippen LogP contribution in [0.15, 0.2) is 0 Å². The Morgan fingerprint density at radius 3 is 0.543 bits per heavy atom. The third-order valence-electron chi connectivity index (χ3n) is 7.36. The van der Waals surface area contributed by atoms with Crippen LogP contribution in [0.4, 0.5) is 0 Å². The van der Waals surface area contributed by atoms with E-state index in [2.05, 4.69) is 9.80 Å². The monoisotopic (exact) mass is 662 g/mol. The second kappa shape index (κ2) is 26.8. The first-order valence-corrected chi connectivity index (χ1v) is 15.3. The number of ether oxygens (including phenoxy) is 6. The van der Waals surface area contributed by atoms with Crippen molar-refractivity contribution in [3.05, 3.63) is 0 Å². The van der Waals surface area contributed by atoms with Gasteiger partial charge >= 0.3 is 35.8 Å². The highest BCUT2D eigenvalue weighted by Crippen LogP contribution is 2.04. The zero-order valence-corrected chi connectivity index (χ0v) is 28.4. The number of nitrogens with zero attached hydrogens (tertiary/aromatic N) is 4. The second-order valence-corrected chi connectivity index (χ2v) is 10.3. The minimum atomic E-state index is -0.362. The fourth-order valence-corrected chi connectivity index (χ4v) is 4.30. The lowest BCUT2D eigenvalue weighted by molar-refractivity contribution is -0.143. The Hall–Kier alpha value is -3.34. The van der Waals surface area contributed by atoms with Gasteiger partial charge in [0.2, 0.25) is 0 Å². The lowest BCUT2D eigenvalue weighted by atomic mass is 10.3. The molecular weight excluding hydrogens is 608 g/mol. The van der Waals surface area contributed by atoms with Gasteiger partial charge in [0.25, 0.3) is 0 Å². The number of hydrogen-bond acceptors (Lipinski definition) is 16. The third-order valence-corrected chi connectivity index (χ3v) is 7.36. The number of rotatable bonds is 27. The molecule has 16 heteroatoms. The minimum absolute atomic E-state index is 0.156. The van der Waals surface area contributed by atoms with Crippen LogP contribution >= 0.6 is 0 Å². The Morgan fingerprint density at radius 2 is 0.413 bits per heavy atom. The summed E-state index contributed by atoms with van der Waals surface area (Å²) in [6, 6.07) is 0. The molecule has 0 atom stereocenters. The van der Waals surface area contributed by atoms with Crippen LogP contribution in [-0.2, 0) is 57.2 Å². The largest absolute Gasteiger partial charge is 0.469 e. The van der Waals surface area contributed by atoms with Gasteiger partial charge in [-0.25, -0.2) is 0 Å². The fraction of sp³-hybridized carbons (Fsp3) is 0.800. The molecule has 266 valence electrons. The molecule has 0 aliphatic heterocycles. The maximum Gasteiger partial charge on any atom is 0.306 e. The van der Waals surface area contributed by atoms with Crippen molar-refractivity contribution in [2.75, 3.05) is 121 Å². The van der Waals surface area contributed by atoms with Crippen molar-refractivity contribution in [3.63, 3.8) is 0 Å². The first-order chi connectivity index (χ1) is 22.0. The summed E-state index contributed by atoms with van der Waals surface area (Å²) in [5.74, 6) is -2.16. The highest BCUT2D eigenvalue weighted by Gasteiger charge is 2.18. The molecule has 16 nitrogen and oxygen atoms in total. The van der Waals surface area contributed by atoms with Crippen molar-refractivity contribution in [1.29, 1.82) is 0 Å². The minimum Gasteiger partial charge on any atom is -0.469 e. The molecule has 0 aromatic rings. The number of carbonyl (C=O) groups is 6. The Labute approximate surface area is 272 Å². The van der Waals surface area contributed by atoms with Gasteiger partial charge in [0, 0.05) is 78.5 Å². The van der Waals surface area contributed by atoms with Crippen molar-refractivity contribution in [1.82, 2.24) is 19.6 Å². The van der Waals surface area contributed by atoms with Crippen LogP contribution in [0, 0.1) is 0 Å². The van der Waals surface area contributed by atoms with Gasteiger partial charge < -0.3 is 48.0 Å². The van der Waals surface area contributed by atoms with E-state index in [4.69, 9.17) is 28.4 Å². The zero-order chi connectivity index (χ0) is 34.7. The van der Waals surface area contributed by atoms with Gasteiger partial charge in [-0.1, -0.05) is 0 Å². The van der Waals surface area contributed by atoms with Crippen LogP contribution in [0.3, 0.4) is 0 Å². The molecule has 0 heterocycles. The van der Waals surface area contributed by atoms with Crippen LogP contribution in [0.2, 0.25) is 0 Å². The highest BCUT2D eigenvalue weighted by molar-refractivity contribution is 5.71. The van der Waals surface area contributed by atoms with Crippen molar-refractivity contribution in [3.8, 4) is 0 Å². The molecule has 0 saturated heterocycles. The lowest BCUT2D eigenvalue weighted by Gasteiger charge is -2.31. The highest BCUT2D eigenvalue weighted by atomic mass is 16.5. The van der Waals surface area contributed by atoms with E-state index in [9.17, 15) is 28.8 Å². The average Bonchev–Trinajstić information content (AvgIpc) is 3.08. The summed E-state index contributed by atoms with van der Waals surface area (Å²) < 4.78 is 28.7. The van der Waals surface area contributed by atoms with Crippen LogP contribution < -0.4 is 0 Å². The molecule has 0 fully saturated rings. The smallest absolute Gasteiger partial charge is 0.306 e. The normalized spacial score (nSPS) is 11.1. The average molecular weight is 663 g/mol. The summed E-state index contributed by atoms with van der Waals surface area (Å²) in [6.07, 6.45) is 0.954. The Bertz CT molecular complexity index is 808. The molecule has 0 bridgehead atoms. The van der Waals surface area contributed by atoms with Gasteiger partial charge in [-0.2, -0.15) is 0 Å². The van der Waals surface area contributed by atoms with E-state index in [1.54, 1.807) is 0 Å². The number of esters is 6. The van der Waals surface area contributed by atoms with Gasteiger partial charge in [-0.15, -0.1) is 0 Å². The summed E-state index contributed by atoms with van der Waals surface area (Å²) >= 11 is 0. The van der Waals surface area contributed by atoms with Crippen LogP contribution in [0.5, 0.6) is 0 Å². The maximum atomic E-state index is 12.0. The van der Waals surface area contributed by atoms with Gasteiger partial charge in [-0.3, -0.25) is 28.8 Å². The molecule has 0 N–H and O–H groups in total. The molecule has 0 unspecified atom stereocenters. The van der Waals surface area contributed by atoms with Crippen LogP contribution in [0.25, 0.3) is 0 Å². The van der Waals surface area contributed by atoms with Gasteiger partial charge in [-0.05, 0) is 0 Å². The first kappa shape index (κ1) is 42.7. The van der Waals surface area contributed by atoms with Crippen molar-refractivity contribution >= 4 is 35.8 Å². The molecule has 0 aromatic carbocycles. The second-order valence-electron chi connectivity index (χ2n) is 10.3. The molecule has 0 radical (unpaired) electrons. The topological polar surface area (TPSA) is 171 Å². The Balaban J connectivity index is 5.63.